The van der Waals surface area contributed by atoms with E-state index in [1.54, 1.807) is 36.5 Å². The fraction of sp³-hybridized carbons (Fsp3) is 0.348. The second-order valence-electron chi connectivity index (χ2n) is 6.85. The molecule has 29 heavy (non-hydrogen) atoms. The van der Waals surface area contributed by atoms with Gasteiger partial charge in [0.15, 0.2) is 11.5 Å². The molecule has 0 bridgehead atoms. The third-order valence-corrected chi connectivity index (χ3v) is 5.23. The van der Waals surface area contributed by atoms with Gasteiger partial charge >= 0.3 is 0 Å². The van der Waals surface area contributed by atoms with Crippen LogP contribution in [0.25, 0.3) is 0 Å². The molecule has 0 aliphatic carbocycles. The molecule has 1 aliphatic heterocycles. The number of hydrogen-bond donors (Lipinski definition) is 0. The van der Waals surface area contributed by atoms with Crippen molar-refractivity contribution >= 4 is 23.7 Å². The minimum atomic E-state index is -0.613. The van der Waals surface area contributed by atoms with Crippen molar-refractivity contribution < 1.29 is 19.1 Å². The number of carbonyl (C=O) groups is 2. The van der Waals surface area contributed by atoms with Gasteiger partial charge in [-0.3, -0.25) is 14.6 Å². The molecule has 2 aromatic carbocycles. The topological polar surface area (TPSA) is 68.2 Å². The first kappa shape index (κ1) is 20.6. The van der Waals surface area contributed by atoms with Gasteiger partial charge in [-0.25, -0.2) is 4.90 Å². The number of rotatable bonds is 7. The monoisotopic (exact) mass is 394 g/mol. The van der Waals surface area contributed by atoms with E-state index in [-0.39, 0.29) is 17.9 Å². The highest BCUT2D eigenvalue weighted by atomic mass is 16.5. The quantitative estimate of drug-likeness (QED) is 0.520. The molecule has 2 amide bonds. The van der Waals surface area contributed by atoms with Crippen molar-refractivity contribution in [3.63, 3.8) is 0 Å². The summed E-state index contributed by atoms with van der Waals surface area (Å²) in [6, 6.07) is 12.4. The number of ether oxygens (including phenoxy) is 2. The molecule has 0 fully saturated rings. The Kier molecular flexibility index (Phi) is 6.32. The number of benzene rings is 2. The van der Waals surface area contributed by atoms with Crippen LogP contribution in [-0.2, 0) is 4.79 Å². The molecule has 152 valence electrons. The van der Waals surface area contributed by atoms with E-state index in [1.165, 1.54) is 19.1 Å². The fourth-order valence-corrected chi connectivity index (χ4v) is 3.52. The molecule has 0 aromatic heterocycles. The third kappa shape index (κ3) is 3.88. The van der Waals surface area contributed by atoms with E-state index in [9.17, 15) is 9.59 Å². The van der Waals surface area contributed by atoms with Crippen LogP contribution in [-0.4, -0.2) is 38.3 Å². The lowest BCUT2D eigenvalue weighted by atomic mass is 9.88. The van der Waals surface area contributed by atoms with Crippen molar-refractivity contribution in [2.24, 2.45) is 4.99 Å². The Balaban J connectivity index is 2.08. The third-order valence-electron chi connectivity index (χ3n) is 5.23. The first-order valence-corrected chi connectivity index (χ1v) is 9.78. The lowest BCUT2D eigenvalue weighted by Crippen LogP contribution is -2.45. The van der Waals surface area contributed by atoms with Crippen LogP contribution in [0.2, 0.25) is 0 Å². The van der Waals surface area contributed by atoms with Crippen molar-refractivity contribution in [1.82, 2.24) is 0 Å². The number of amides is 2. The van der Waals surface area contributed by atoms with E-state index in [1.807, 2.05) is 12.1 Å². The fourth-order valence-electron chi connectivity index (χ4n) is 3.52. The molecule has 6 nitrogen and oxygen atoms in total. The maximum Gasteiger partial charge on any atom is 0.265 e. The van der Waals surface area contributed by atoms with Crippen molar-refractivity contribution in [3.8, 4) is 11.5 Å². The molecular formula is C23H26N2O4. The predicted molar refractivity (Wildman–Crippen MR) is 113 cm³/mol. The summed E-state index contributed by atoms with van der Waals surface area (Å²) in [5, 5.41) is 0. The van der Waals surface area contributed by atoms with Gasteiger partial charge in [0.2, 0.25) is 5.91 Å². The van der Waals surface area contributed by atoms with Gasteiger partial charge in [0.05, 0.1) is 25.8 Å². The molecule has 0 saturated carbocycles. The zero-order chi connectivity index (χ0) is 21.0. The van der Waals surface area contributed by atoms with Gasteiger partial charge in [-0.2, -0.15) is 0 Å². The highest BCUT2D eigenvalue weighted by Gasteiger charge is 2.39. The number of nitrogens with zero attached hydrogens (tertiary/aromatic N) is 2. The average Bonchev–Trinajstić information content (AvgIpc) is 2.76. The molecule has 2 aromatic rings. The molecule has 1 unspecified atom stereocenters. The van der Waals surface area contributed by atoms with E-state index in [0.29, 0.717) is 28.3 Å². The van der Waals surface area contributed by atoms with E-state index < -0.39 is 5.92 Å². The number of fused-ring (bicyclic) bond motifs is 1. The van der Waals surface area contributed by atoms with Crippen LogP contribution in [0, 0.1) is 0 Å². The largest absolute Gasteiger partial charge is 0.493 e. The predicted octanol–water partition coefficient (Wildman–Crippen LogP) is 4.23. The minimum absolute atomic E-state index is 0.155. The molecule has 3 rings (SSSR count). The smallest absolute Gasteiger partial charge is 0.265 e. The molecule has 1 aliphatic rings. The normalized spacial score (nSPS) is 16.4. The van der Waals surface area contributed by atoms with E-state index in [2.05, 4.69) is 18.8 Å². The van der Waals surface area contributed by atoms with Crippen LogP contribution in [0.15, 0.2) is 47.5 Å². The van der Waals surface area contributed by atoms with Gasteiger partial charge in [0.25, 0.3) is 5.91 Å². The number of anilines is 1. The van der Waals surface area contributed by atoms with Crippen LogP contribution in [0.3, 0.4) is 0 Å². The summed E-state index contributed by atoms with van der Waals surface area (Å²) in [5.74, 6) is -0.315. The zero-order valence-corrected chi connectivity index (χ0v) is 17.2. The molecule has 1 heterocycles. The van der Waals surface area contributed by atoms with Gasteiger partial charge in [0, 0.05) is 23.9 Å². The maximum atomic E-state index is 13.4. The number of aliphatic imine (C=N–C) groups is 1. The minimum Gasteiger partial charge on any atom is -0.493 e. The van der Waals surface area contributed by atoms with Gasteiger partial charge in [0.1, 0.15) is 0 Å². The van der Waals surface area contributed by atoms with Crippen molar-refractivity contribution in [3.05, 3.63) is 53.6 Å². The molecular weight excluding hydrogens is 368 g/mol. The number of carbonyl (C=O) groups excluding carboxylic acids is 2. The number of hydrogen-bond acceptors (Lipinski definition) is 5. The Morgan fingerprint density at radius 3 is 2.38 bits per heavy atom. The van der Waals surface area contributed by atoms with Gasteiger partial charge in [-0.1, -0.05) is 32.0 Å². The van der Waals surface area contributed by atoms with E-state index in [0.717, 1.165) is 12.8 Å². The molecule has 0 saturated heterocycles. The van der Waals surface area contributed by atoms with Crippen LogP contribution in [0.4, 0.5) is 5.69 Å². The van der Waals surface area contributed by atoms with Crippen LogP contribution >= 0.6 is 0 Å². The standard InChI is InChI=1S/C23H26N2O4/c1-5-15(6-2)24-14-19-17-9-7-8-10-18(17)22(26)25(23(19)27)16-11-12-20(28-3)21(13-16)29-4/h7-15,19H,5-6H2,1-4H3. The summed E-state index contributed by atoms with van der Waals surface area (Å²) >= 11 is 0. The van der Waals surface area contributed by atoms with Gasteiger partial charge in [-0.15, -0.1) is 0 Å². The highest BCUT2D eigenvalue weighted by molar-refractivity contribution is 6.29. The first-order valence-electron chi connectivity index (χ1n) is 9.78. The van der Waals surface area contributed by atoms with Crippen molar-refractivity contribution in [2.45, 2.75) is 38.6 Å². The second-order valence-corrected chi connectivity index (χ2v) is 6.85. The lowest BCUT2D eigenvalue weighted by Gasteiger charge is -2.31. The van der Waals surface area contributed by atoms with Crippen LogP contribution < -0.4 is 14.4 Å². The Hall–Kier alpha value is -3.15. The van der Waals surface area contributed by atoms with Crippen LogP contribution in [0.1, 0.15) is 48.5 Å². The Morgan fingerprint density at radius 1 is 1.03 bits per heavy atom. The van der Waals surface area contributed by atoms with Gasteiger partial charge < -0.3 is 9.47 Å². The van der Waals surface area contributed by atoms with E-state index >= 15 is 0 Å². The first-order chi connectivity index (χ1) is 14.0. The average molecular weight is 394 g/mol. The van der Waals surface area contributed by atoms with Gasteiger partial charge in [-0.05, 0) is 36.6 Å². The Labute approximate surface area is 171 Å². The number of methoxy groups -OCH3 is 2. The summed E-state index contributed by atoms with van der Waals surface area (Å²) < 4.78 is 10.6. The summed E-state index contributed by atoms with van der Waals surface area (Å²) in [5.41, 5.74) is 1.63. The molecule has 6 heteroatoms. The number of imide groups is 1. The zero-order valence-electron chi connectivity index (χ0n) is 17.2. The molecule has 0 radical (unpaired) electrons. The summed E-state index contributed by atoms with van der Waals surface area (Å²) in [6.07, 6.45) is 3.49. The Morgan fingerprint density at radius 2 is 1.72 bits per heavy atom. The van der Waals surface area contributed by atoms with Crippen molar-refractivity contribution in [2.75, 3.05) is 19.1 Å². The summed E-state index contributed by atoms with van der Waals surface area (Å²) in [4.78, 5) is 32.4. The molecule has 0 spiro atoms. The lowest BCUT2D eigenvalue weighted by molar-refractivity contribution is -0.118. The SMILES string of the molecule is CCC(CC)N=CC1C(=O)N(c2ccc(OC)c(OC)c2)C(=O)c2ccccc21. The van der Waals surface area contributed by atoms with Crippen molar-refractivity contribution in [1.29, 1.82) is 0 Å². The Bertz CT molecular complexity index is 934. The second kappa shape index (κ2) is 8.90. The van der Waals surface area contributed by atoms with E-state index in [4.69, 9.17) is 9.47 Å². The summed E-state index contributed by atoms with van der Waals surface area (Å²) in [7, 11) is 3.05. The maximum absolute atomic E-state index is 13.4. The van der Waals surface area contributed by atoms with Crippen LogP contribution in [0.5, 0.6) is 11.5 Å². The summed E-state index contributed by atoms with van der Waals surface area (Å²) in [6.45, 7) is 4.14. The molecule has 0 N–H and O–H groups in total. The molecule has 1 atom stereocenters. The highest BCUT2D eigenvalue weighted by Crippen LogP contribution is 2.36.